The molecule has 2 saturated heterocycles. The molecule has 2 saturated carbocycles. The number of fused-ring (bicyclic) bond motifs is 3. The molecule has 0 aromatic rings. The predicted octanol–water partition coefficient (Wildman–Crippen LogP) is 3.91. The number of rotatable bonds is 4. The van der Waals surface area contributed by atoms with E-state index in [0.717, 1.165) is 58.4 Å². The first-order valence-corrected chi connectivity index (χ1v) is 10.7. The molecule has 0 amide bonds. The SMILES string of the molecule is C=C1CCC2C(C)(CCC3OCOC[C@]32C)C1CCOC1CCNCC1. The van der Waals surface area contributed by atoms with Crippen LogP contribution in [0.5, 0.6) is 0 Å². The molecule has 2 aliphatic carbocycles. The van der Waals surface area contributed by atoms with Gasteiger partial charge in [-0.2, -0.15) is 0 Å². The Hall–Kier alpha value is -0.420. The summed E-state index contributed by atoms with van der Waals surface area (Å²) in [7, 11) is 0. The molecule has 148 valence electrons. The van der Waals surface area contributed by atoms with Crippen LogP contribution in [0.3, 0.4) is 0 Å². The van der Waals surface area contributed by atoms with Gasteiger partial charge >= 0.3 is 0 Å². The smallest absolute Gasteiger partial charge is 0.147 e. The van der Waals surface area contributed by atoms with Crippen molar-refractivity contribution in [3.05, 3.63) is 12.2 Å². The van der Waals surface area contributed by atoms with E-state index in [-0.39, 0.29) is 5.41 Å². The molecule has 4 nitrogen and oxygen atoms in total. The van der Waals surface area contributed by atoms with Gasteiger partial charge in [0.2, 0.25) is 0 Å². The summed E-state index contributed by atoms with van der Waals surface area (Å²) >= 11 is 0. The van der Waals surface area contributed by atoms with Gasteiger partial charge < -0.3 is 19.5 Å². The minimum absolute atomic E-state index is 0.153. The highest BCUT2D eigenvalue weighted by molar-refractivity contribution is 5.17. The fourth-order valence-electron chi connectivity index (χ4n) is 6.68. The van der Waals surface area contributed by atoms with Gasteiger partial charge in [0.15, 0.2) is 0 Å². The van der Waals surface area contributed by atoms with E-state index in [1.165, 1.54) is 18.4 Å². The molecule has 4 rings (SSSR count). The number of allylic oxidation sites excluding steroid dienone is 1. The Kier molecular flexibility index (Phi) is 5.49. The van der Waals surface area contributed by atoms with Crippen molar-refractivity contribution < 1.29 is 14.2 Å². The summed E-state index contributed by atoms with van der Waals surface area (Å²) in [6, 6.07) is 0. The Bertz CT molecular complexity index is 518. The van der Waals surface area contributed by atoms with Crippen LogP contribution in [0.2, 0.25) is 0 Å². The standard InChI is InChI=1S/C22H37NO3/c1-16-4-5-19-21(2,10-6-20-22(19,3)14-24-15-26-20)18(16)9-13-25-17-7-11-23-12-8-17/h17-20,23H,1,4-15H2,2-3H3/t18?,19?,20?,21?,22-/m0/s1. The molecule has 0 aromatic carbocycles. The first-order valence-electron chi connectivity index (χ1n) is 10.7. The van der Waals surface area contributed by atoms with Gasteiger partial charge in [0.25, 0.3) is 0 Å². The molecule has 1 N–H and O–H groups in total. The normalized spacial score (nSPS) is 44.4. The number of nitrogens with one attached hydrogen (secondary N) is 1. The maximum Gasteiger partial charge on any atom is 0.147 e. The largest absolute Gasteiger partial charge is 0.378 e. The lowest BCUT2D eigenvalue weighted by molar-refractivity contribution is -0.260. The first-order chi connectivity index (χ1) is 12.5. The minimum atomic E-state index is 0.153. The van der Waals surface area contributed by atoms with Crippen LogP contribution in [-0.4, -0.2) is 45.3 Å². The molecule has 0 bridgehead atoms. The van der Waals surface area contributed by atoms with Crippen molar-refractivity contribution in [3.8, 4) is 0 Å². The molecule has 4 aliphatic rings. The van der Waals surface area contributed by atoms with Crippen LogP contribution in [0.25, 0.3) is 0 Å². The molecule has 0 radical (unpaired) electrons. The van der Waals surface area contributed by atoms with Crippen LogP contribution >= 0.6 is 0 Å². The van der Waals surface area contributed by atoms with Crippen molar-refractivity contribution in [3.63, 3.8) is 0 Å². The van der Waals surface area contributed by atoms with Gasteiger partial charge in [0, 0.05) is 12.0 Å². The molecule has 2 aliphatic heterocycles. The lowest BCUT2D eigenvalue weighted by atomic mass is 9.46. The topological polar surface area (TPSA) is 39.7 Å². The van der Waals surface area contributed by atoms with E-state index in [1.807, 2.05) is 0 Å². The van der Waals surface area contributed by atoms with Crippen molar-refractivity contribution in [2.75, 3.05) is 33.1 Å². The number of hydrogen-bond donors (Lipinski definition) is 1. The molecular weight excluding hydrogens is 326 g/mol. The van der Waals surface area contributed by atoms with E-state index in [1.54, 1.807) is 0 Å². The number of ether oxygens (including phenoxy) is 3. The summed E-state index contributed by atoms with van der Waals surface area (Å²) in [5, 5.41) is 3.42. The van der Waals surface area contributed by atoms with E-state index in [4.69, 9.17) is 14.2 Å². The Morgan fingerprint density at radius 1 is 1.15 bits per heavy atom. The van der Waals surface area contributed by atoms with Crippen molar-refractivity contribution in [1.29, 1.82) is 0 Å². The summed E-state index contributed by atoms with van der Waals surface area (Å²) in [5.41, 5.74) is 1.92. The second kappa shape index (κ2) is 7.54. The first kappa shape index (κ1) is 18.9. The fraction of sp³-hybridized carbons (Fsp3) is 0.909. The molecule has 2 heterocycles. The van der Waals surface area contributed by atoms with E-state index < -0.39 is 0 Å². The molecule has 4 unspecified atom stereocenters. The lowest BCUT2D eigenvalue weighted by Crippen LogP contribution is -2.60. The number of hydrogen-bond acceptors (Lipinski definition) is 4. The zero-order valence-corrected chi connectivity index (χ0v) is 16.7. The fourth-order valence-corrected chi connectivity index (χ4v) is 6.68. The van der Waals surface area contributed by atoms with Crippen LogP contribution in [-0.2, 0) is 14.2 Å². The molecule has 0 spiro atoms. The average Bonchev–Trinajstić information content (AvgIpc) is 2.64. The van der Waals surface area contributed by atoms with E-state index in [0.29, 0.717) is 36.3 Å². The minimum Gasteiger partial charge on any atom is -0.378 e. The zero-order valence-electron chi connectivity index (χ0n) is 16.7. The van der Waals surface area contributed by atoms with Crippen molar-refractivity contribution >= 4 is 0 Å². The van der Waals surface area contributed by atoms with E-state index in [9.17, 15) is 0 Å². The van der Waals surface area contributed by atoms with Crippen LogP contribution in [0.4, 0.5) is 0 Å². The summed E-state index contributed by atoms with van der Waals surface area (Å²) in [6.07, 6.45) is 9.04. The highest BCUT2D eigenvalue weighted by Gasteiger charge is 2.59. The highest BCUT2D eigenvalue weighted by atomic mass is 16.7. The molecule has 5 atom stereocenters. The Morgan fingerprint density at radius 3 is 2.77 bits per heavy atom. The quantitative estimate of drug-likeness (QED) is 0.769. The Balaban J connectivity index is 1.44. The van der Waals surface area contributed by atoms with Gasteiger partial charge in [-0.25, -0.2) is 0 Å². The van der Waals surface area contributed by atoms with Crippen molar-refractivity contribution in [2.45, 2.75) is 71.0 Å². The summed E-state index contributed by atoms with van der Waals surface area (Å²) in [6.45, 7) is 13.8. The van der Waals surface area contributed by atoms with Gasteiger partial charge in [-0.15, -0.1) is 0 Å². The zero-order chi connectivity index (χ0) is 18.2. The maximum absolute atomic E-state index is 6.26. The highest BCUT2D eigenvalue weighted by Crippen LogP contribution is 2.62. The third kappa shape index (κ3) is 3.28. The van der Waals surface area contributed by atoms with Crippen LogP contribution in [0.1, 0.15) is 58.8 Å². The Labute approximate surface area is 159 Å². The molecule has 4 fully saturated rings. The maximum atomic E-state index is 6.26. The van der Waals surface area contributed by atoms with Crippen molar-refractivity contribution in [1.82, 2.24) is 5.32 Å². The molecule has 26 heavy (non-hydrogen) atoms. The van der Waals surface area contributed by atoms with Gasteiger partial charge in [-0.1, -0.05) is 26.0 Å². The van der Waals surface area contributed by atoms with E-state index in [2.05, 4.69) is 25.7 Å². The van der Waals surface area contributed by atoms with Crippen molar-refractivity contribution in [2.24, 2.45) is 22.7 Å². The van der Waals surface area contributed by atoms with Gasteiger partial charge in [-0.3, -0.25) is 0 Å². The molecular formula is C22H37NO3. The second-order valence-corrected chi connectivity index (χ2v) is 9.58. The van der Waals surface area contributed by atoms with E-state index >= 15 is 0 Å². The number of piperidine rings is 1. The summed E-state index contributed by atoms with van der Waals surface area (Å²) in [4.78, 5) is 0. The Morgan fingerprint density at radius 2 is 1.96 bits per heavy atom. The third-order valence-electron chi connectivity index (χ3n) is 8.13. The van der Waals surface area contributed by atoms with Crippen LogP contribution < -0.4 is 5.32 Å². The third-order valence-corrected chi connectivity index (χ3v) is 8.13. The summed E-state index contributed by atoms with van der Waals surface area (Å²) in [5.74, 6) is 1.23. The monoisotopic (exact) mass is 363 g/mol. The molecule has 0 aromatic heterocycles. The second-order valence-electron chi connectivity index (χ2n) is 9.58. The average molecular weight is 364 g/mol. The van der Waals surface area contributed by atoms with Gasteiger partial charge in [0.1, 0.15) is 6.79 Å². The lowest BCUT2D eigenvalue weighted by Gasteiger charge is -2.62. The predicted molar refractivity (Wildman–Crippen MR) is 103 cm³/mol. The van der Waals surface area contributed by atoms with Crippen LogP contribution in [0.15, 0.2) is 12.2 Å². The van der Waals surface area contributed by atoms with Gasteiger partial charge in [0.05, 0.1) is 18.8 Å². The summed E-state index contributed by atoms with van der Waals surface area (Å²) < 4.78 is 18.1. The van der Waals surface area contributed by atoms with Gasteiger partial charge in [-0.05, 0) is 75.3 Å². The van der Waals surface area contributed by atoms with Crippen LogP contribution in [0, 0.1) is 22.7 Å². The molecule has 4 heteroatoms.